The largest absolute Gasteiger partial charge is 0.490 e. The summed E-state index contributed by atoms with van der Waals surface area (Å²) in [5, 5.41) is 3.35. The molecule has 0 aromatic heterocycles. The highest BCUT2D eigenvalue weighted by Crippen LogP contribution is 2.35. The molecule has 1 aliphatic carbocycles. The van der Waals surface area contributed by atoms with Gasteiger partial charge in [-0.25, -0.2) is 0 Å². The van der Waals surface area contributed by atoms with Gasteiger partial charge in [0.1, 0.15) is 0 Å². The van der Waals surface area contributed by atoms with Crippen molar-refractivity contribution in [2.45, 2.75) is 39.7 Å². The maximum atomic E-state index is 6.00. The third-order valence-electron chi connectivity index (χ3n) is 3.40. The first-order chi connectivity index (χ1) is 9.35. The summed E-state index contributed by atoms with van der Waals surface area (Å²) in [5.41, 5.74) is 1.18. The molecule has 0 aliphatic heterocycles. The Bertz CT molecular complexity index is 388. The molecule has 0 radical (unpaired) electrons. The van der Waals surface area contributed by atoms with Crippen LogP contribution in [0.3, 0.4) is 0 Å². The van der Waals surface area contributed by atoms with Gasteiger partial charge in [-0.05, 0) is 31.9 Å². The summed E-state index contributed by atoms with van der Waals surface area (Å²) in [4.78, 5) is 0. The van der Waals surface area contributed by atoms with Crippen LogP contribution in [0.4, 0.5) is 0 Å². The van der Waals surface area contributed by atoms with Gasteiger partial charge in [-0.2, -0.15) is 0 Å². The molecule has 1 saturated carbocycles. The molecule has 0 amide bonds. The van der Waals surface area contributed by atoms with Gasteiger partial charge < -0.3 is 14.8 Å². The third-order valence-corrected chi connectivity index (χ3v) is 3.40. The van der Waals surface area contributed by atoms with E-state index >= 15 is 0 Å². The van der Waals surface area contributed by atoms with E-state index in [0.717, 1.165) is 37.1 Å². The number of ether oxygens (including phenoxy) is 2. The molecule has 1 N–H and O–H groups in total. The lowest BCUT2D eigenvalue weighted by Gasteiger charge is -2.16. The van der Waals surface area contributed by atoms with E-state index in [1.807, 2.05) is 19.1 Å². The summed E-state index contributed by atoms with van der Waals surface area (Å²) >= 11 is 0. The molecule has 0 unspecified atom stereocenters. The first-order valence-corrected chi connectivity index (χ1v) is 7.43. The lowest BCUT2D eigenvalue weighted by Crippen LogP contribution is -2.13. The molecule has 3 nitrogen and oxygen atoms in total. The van der Waals surface area contributed by atoms with Crippen molar-refractivity contribution >= 4 is 0 Å². The Morgan fingerprint density at radius 3 is 2.74 bits per heavy atom. The van der Waals surface area contributed by atoms with Gasteiger partial charge in [-0.1, -0.05) is 31.9 Å². The number of benzene rings is 1. The molecule has 3 heteroatoms. The van der Waals surface area contributed by atoms with Crippen molar-refractivity contribution in [2.24, 2.45) is 5.92 Å². The predicted molar refractivity (Wildman–Crippen MR) is 77.8 cm³/mol. The highest BCUT2D eigenvalue weighted by molar-refractivity contribution is 5.46. The smallest absolute Gasteiger partial charge is 0.165 e. The van der Waals surface area contributed by atoms with Crippen LogP contribution in [0.5, 0.6) is 11.5 Å². The maximum absolute atomic E-state index is 6.00. The summed E-state index contributed by atoms with van der Waals surface area (Å²) in [6, 6.07) is 6.13. The van der Waals surface area contributed by atoms with Gasteiger partial charge in [0.05, 0.1) is 13.2 Å². The van der Waals surface area contributed by atoms with E-state index in [4.69, 9.17) is 9.47 Å². The van der Waals surface area contributed by atoms with Crippen LogP contribution in [0, 0.1) is 5.92 Å². The van der Waals surface area contributed by atoms with Crippen LogP contribution in [0.1, 0.15) is 38.7 Å². The van der Waals surface area contributed by atoms with Crippen LogP contribution in [-0.4, -0.2) is 19.8 Å². The average Bonchev–Trinajstić information content (AvgIpc) is 3.23. The van der Waals surface area contributed by atoms with Crippen molar-refractivity contribution in [3.05, 3.63) is 23.8 Å². The molecule has 0 heterocycles. The second-order valence-electron chi connectivity index (χ2n) is 5.04. The summed E-state index contributed by atoms with van der Waals surface area (Å²) in [5.74, 6) is 2.69. The Hall–Kier alpha value is -1.22. The molecule has 1 aromatic rings. The first-order valence-electron chi connectivity index (χ1n) is 7.43. The Morgan fingerprint density at radius 1 is 1.21 bits per heavy atom. The van der Waals surface area contributed by atoms with Crippen LogP contribution >= 0.6 is 0 Å². The lowest BCUT2D eigenvalue weighted by molar-refractivity contribution is 0.266. The van der Waals surface area contributed by atoms with E-state index in [-0.39, 0.29) is 0 Å². The molecule has 1 fully saturated rings. The topological polar surface area (TPSA) is 30.5 Å². The van der Waals surface area contributed by atoms with Crippen molar-refractivity contribution in [1.82, 2.24) is 5.32 Å². The highest BCUT2D eigenvalue weighted by Gasteiger charge is 2.21. The molecule has 1 aromatic carbocycles. The molecule has 1 aliphatic rings. The highest BCUT2D eigenvalue weighted by atomic mass is 16.5. The van der Waals surface area contributed by atoms with Crippen LogP contribution in [0.2, 0.25) is 0 Å². The number of hydrogen-bond donors (Lipinski definition) is 1. The fraction of sp³-hybridized carbons (Fsp3) is 0.625. The quantitative estimate of drug-likeness (QED) is 0.741. The third kappa shape index (κ3) is 4.43. The Kier molecular flexibility index (Phi) is 5.52. The average molecular weight is 263 g/mol. The van der Waals surface area contributed by atoms with Gasteiger partial charge in [0.2, 0.25) is 0 Å². The van der Waals surface area contributed by atoms with Crippen LogP contribution in [0.25, 0.3) is 0 Å². The predicted octanol–water partition coefficient (Wildman–Crippen LogP) is 3.37. The van der Waals surface area contributed by atoms with Gasteiger partial charge in [0.25, 0.3) is 0 Å². The SMILES string of the molecule is CCNCc1cccc(OCC)c1OCCC1CC1. The minimum atomic E-state index is 0.670. The number of nitrogens with one attached hydrogen (secondary N) is 1. The van der Waals surface area contributed by atoms with Gasteiger partial charge in [-0.3, -0.25) is 0 Å². The lowest BCUT2D eigenvalue weighted by atomic mass is 10.2. The van der Waals surface area contributed by atoms with Crippen molar-refractivity contribution in [3.63, 3.8) is 0 Å². The standard InChI is InChI=1S/C16H25NO2/c1-3-17-12-14-6-5-7-15(18-4-2)16(14)19-11-10-13-8-9-13/h5-7,13,17H,3-4,8-12H2,1-2H3. The summed E-state index contributed by atoms with van der Waals surface area (Å²) < 4.78 is 11.7. The minimum Gasteiger partial charge on any atom is -0.490 e. The molecule has 0 atom stereocenters. The number of rotatable bonds is 9. The fourth-order valence-electron chi connectivity index (χ4n) is 2.13. The monoisotopic (exact) mass is 263 g/mol. The van der Waals surface area contributed by atoms with Gasteiger partial charge in [-0.15, -0.1) is 0 Å². The van der Waals surface area contributed by atoms with Crippen LogP contribution in [-0.2, 0) is 6.54 Å². The van der Waals surface area contributed by atoms with Crippen LogP contribution < -0.4 is 14.8 Å². The molecular weight excluding hydrogens is 238 g/mol. The summed E-state index contributed by atoms with van der Waals surface area (Å²) in [7, 11) is 0. The zero-order valence-corrected chi connectivity index (χ0v) is 12.1. The number of para-hydroxylation sites is 1. The van der Waals surface area contributed by atoms with Crippen LogP contribution in [0.15, 0.2) is 18.2 Å². The number of hydrogen-bond acceptors (Lipinski definition) is 3. The minimum absolute atomic E-state index is 0.670. The molecular formula is C16H25NO2. The van der Waals surface area contributed by atoms with E-state index < -0.39 is 0 Å². The van der Waals surface area contributed by atoms with Crippen molar-refractivity contribution in [1.29, 1.82) is 0 Å². The second-order valence-corrected chi connectivity index (χ2v) is 5.04. The summed E-state index contributed by atoms with van der Waals surface area (Å²) in [6.45, 7) is 7.37. The summed E-state index contributed by atoms with van der Waals surface area (Å²) in [6.07, 6.45) is 3.92. The zero-order valence-electron chi connectivity index (χ0n) is 12.1. The van der Waals surface area contributed by atoms with E-state index in [2.05, 4.69) is 18.3 Å². The van der Waals surface area contributed by atoms with Crippen molar-refractivity contribution < 1.29 is 9.47 Å². The van der Waals surface area contributed by atoms with E-state index in [1.54, 1.807) is 0 Å². The maximum Gasteiger partial charge on any atom is 0.165 e. The Balaban J connectivity index is 2.03. The Morgan fingerprint density at radius 2 is 2.05 bits per heavy atom. The van der Waals surface area contributed by atoms with E-state index in [1.165, 1.54) is 24.8 Å². The molecule has 2 rings (SSSR count). The Labute approximate surface area is 116 Å². The van der Waals surface area contributed by atoms with Crippen molar-refractivity contribution in [2.75, 3.05) is 19.8 Å². The molecule has 19 heavy (non-hydrogen) atoms. The van der Waals surface area contributed by atoms with Gasteiger partial charge in [0, 0.05) is 12.1 Å². The molecule has 106 valence electrons. The van der Waals surface area contributed by atoms with Gasteiger partial charge in [0.15, 0.2) is 11.5 Å². The molecule has 0 saturated heterocycles. The fourth-order valence-corrected chi connectivity index (χ4v) is 2.13. The van der Waals surface area contributed by atoms with Gasteiger partial charge >= 0.3 is 0 Å². The van der Waals surface area contributed by atoms with E-state index in [0.29, 0.717) is 6.61 Å². The van der Waals surface area contributed by atoms with Crippen molar-refractivity contribution in [3.8, 4) is 11.5 Å². The zero-order chi connectivity index (χ0) is 13.5. The van der Waals surface area contributed by atoms with E-state index in [9.17, 15) is 0 Å². The second kappa shape index (κ2) is 7.39. The molecule has 0 bridgehead atoms. The normalized spacial score (nSPS) is 14.4. The molecule has 0 spiro atoms. The first kappa shape index (κ1) is 14.2.